The fourth-order valence-corrected chi connectivity index (χ4v) is 1.34. The van der Waals surface area contributed by atoms with Gasteiger partial charge in [0, 0.05) is 13.7 Å². The molecule has 0 aliphatic rings. The highest BCUT2D eigenvalue weighted by Crippen LogP contribution is 2.20. The molecule has 0 bridgehead atoms. The minimum absolute atomic E-state index is 0.0976. The smallest absolute Gasteiger partial charge is 0.239 e. The molecule has 0 spiro atoms. The summed E-state index contributed by atoms with van der Waals surface area (Å²) in [6.07, 6.45) is 1.47. The van der Waals surface area contributed by atoms with Gasteiger partial charge >= 0.3 is 0 Å². The molecular weight excluding hydrogens is 244 g/mol. The number of amides is 1. The number of nitrogen functional groups attached to an aromatic ring is 1. The number of ether oxygens (including phenoxy) is 1. The number of pyridine rings is 1. The molecule has 0 aliphatic heterocycles. The number of carbonyl (C=O) groups excluding carboxylic acids is 1. The van der Waals surface area contributed by atoms with E-state index in [2.05, 4.69) is 15.6 Å². The predicted octanol–water partition coefficient (Wildman–Crippen LogP) is 0.492. The highest BCUT2D eigenvalue weighted by molar-refractivity contribution is 6.33. The van der Waals surface area contributed by atoms with Crippen molar-refractivity contribution in [3.8, 4) is 0 Å². The van der Waals surface area contributed by atoms with Crippen LogP contribution < -0.4 is 16.4 Å². The van der Waals surface area contributed by atoms with Crippen molar-refractivity contribution >= 4 is 29.0 Å². The highest BCUT2D eigenvalue weighted by Gasteiger charge is 2.04. The molecule has 0 aromatic carbocycles. The maximum absolute atomic E-state index is 11.3. The number of carbonyl (C=O) groups is 1. The maximum Gasteiger partial charge on any atom is 0.239 e. The van der Waals surface area contributed by atoms with E-state index in [-0.39, 0.29) is 12.5 Å². The van der Waals surface area contributed by atoms with Crippen molar-refractivity contribution in [3.05, 3.63) is 17.3 Å². The Morgan fingerprint density at radius 1 is 1.65 bits per heavy atom. The molecule has 7 heteroatoms. The van der Waals surface area contributed by atoms with Gasteiger partial charge in [-0.2, -0.15) is 0 Å². The van der Waals surface area contributed by atoms with Gasteiger partial charge in [-0.25, -0.2) is 4.98 Å². The fourth-order valence-electron chi connectivity index (χ4n) is 1.10. The summed E-state index contributed by atoms with van der Waals surface area (Å²) >= 11 is 5.88. The summed E-state index contributed by atoms with van der Waals surface area (Å²) in [5.41, 5.74) is 5.97. The number of anilines is 2. The van der Waals surface area contributed by atoms with Crippen molar-refractivity contribution in [3.63, 3.8) is 0 Å². The van der Waals surface area contributed by atoms with Gasteiger partial charge in [-0.3, -0.25) is 4.79 Å². The number of aromatic nitrogens is 1. The summed E-state index contributed by atoms with van der Waals surface area (Å²) in [7, 11) is 1.57. The van der Waals surface area contributed by atoms with E-state index in [4.69, 9.17) is 22.1 Å². The van der Waals surface area contributed by atoms with Gasteiger partial charge in [0.05, 0.1) is 30.1 Å². The van der Waals surface area contributed by atoms with E-state index in [1.807, 2.05) is 0 Å². The molecule has 94 valence electrons. The number of methoxy groups -OCH3 is 1. The van der Waals surface area contributed by atoms with Gasteiger partial charge in [0.1, 0.15) is 5.82 Å². The molecule has 0 saturated heterocycles. The summed E-state index contributed by atoms with van der Waals surface area (Å²) in [6.45, 7) is 1.05. The number of nitrogens with zero attached hydrogens (tertiary/aromatic N) is 1. The first kappa shape index (κ1) is 13.5. The molecule has 1 aromatic rings. The average molecular weight is 259 g/mol. The van der Waals surface area contributed by atoms with Gasteiger partial charge in [-0.1, -0.05) is 11.6 Å². The standard InChI is InChI=1S/C10H15ClN4O2/c1-17-3-2-13-9(16)6-15-10-8(11)4-7(12)5-14-10/h4-5H,2-3,6,12H2,1H3,(H,13,16)(H,14,15). The lowest BCUT2D eigenvalue weighted by atomic mass is 10.4. The predicted molar refractivity (Wildman–Crippen MR) is 67.0 cm³/mol. The first-order valence-corrected chi connectivity index (χ1v) is 5.42. The zero-order chi connectivity index (χ0) is 12.7. The van der Waals surface area contributed by atoms with Crippen LogP contribution in [0.3, 0.4) is 0 Å². The Bertz CT molecular complexity index is 387. The van der Waals surface area contributed by atoms with Crippen LogP contribution in [0.1, 0.15) is 0 Å². The number of hydrogen-bond acceptors (Lipinski definition) is 5. The minimum Gasteiger partial charge on any atom is -0.397 e. The van der Waals surface area contributed by atoms with Crippen LogP contribution in [0.15, 0.2) is 12.3 Å². The van der Waals surface area contributed by atoms with Crippen molar-refractivity contribution < 1.29 is 9.53 Å². The van der Waals surface area contributed by atoms with Gasteiger partial charge in [-0.15, -0.1) is 0 Å². The van der Waals surface area contributed by atoms with Gasteiger partial charge in [0.2, 0.25) is 5.91 Å². The summed E-state index contributed by atoms with van der Waals surface area (Å²) < 4.78 is 4.80. The van der Waals surface area contributed by atoms with Gasteiger partial charge < -0.3 is 21.1 Å². The Kier molecular flexibility index (Phi) is 5.51. The van der Waals surface area contributed by atoms with Crippen molar-refractivity contribution in [2.45, 2.75) is 0 Å². The minimum atomic E-state index is -0.156. The third-order valence-corrected chi connectivity index (χ3v) is 2.20. The fraction of sp³-hybridized carbons (Fsp3) is 0.400. The number of halogens is 1. The molecule has 0 fully saturated rings. The van der Waals surface area contributed by atoms with Crippen molar-refractivity contribution in [2.24, 2.45) is 0 Å². The first-order valence-electron chi connectivity index (χ1n) is 5.04. The van der Waals surface area contributed by atoms with Crippen LogP contribution in [0.4, 0.5) is 11.5 Å². The quantitative estimate of drug-likeness (QED) is 0.647. The maximum atomic E-state index is 11.3. The molecule has 17 heavy (non-hydrogen) atoms. The molecule has 4 N–H and O–H groups in total. The third kappa shape index (κ3) is 4.88. The third-order valence-electron chi connectivity index (χ3n) is 1.91. The van der Waals surface area contributed by atoms with Crippen LogP contribution >= 0.6 is 11.6 Å². The topological polar surface area (TPSA) is 89.3 Å². The second kappa shape index (κ2) is 6.93. The zero-order valence-electron chi connectivity index (χ0n) is 9.50. The van der Waals surface area contributed by atoms with E-state index < -0.39 is 0 Å². The molecule has 0 radical (unpaired) electrons. The normalized spacial score (nSPS) is 10.0. The lowest BCUT2D eigenvalue weighted by molar-refractivity contribution is -0.119. The van der Waals surface area contributed by atoms with E-state index in [1.54, 1.807) is 13.2 Å². The summed E-state index contributed by atoms with van der Waals surface area (Å²) in [6, 6.07) is 1.57. The SMILES string of the molecule is COCCNC(=O)CNc1ncc(N)cc1Cl. The largest absolute Gasteiger partial charge is 0.397 e. The van der Waals surface area contributed by atoms with E-state index in [0.717, 1.165) is 0 Å². The molecule has 1 heterocycles. The Balaban J connectivity index is 2.37. The molecule has 6 nitrogen and oxygen atoms in total. The van der Waals surface area contributed by atoms with Crippen molar-refractivity contribution in [1.29, 1.82) is 0 Å². The Labute approximate surface area is 104 Å². The molecule has 0 saturated carbocycles. The Morgan fingerprint density at radius 3 is 3.06 bits per heavy atom. The van der Waals surface area contributed by atoms with Gasteiger partial charge in [0.25, 0.3) is 0 Å². The Hall–Kier alpha value is -1.53. The molecule has 0 aliphatic carbocycles. The number of nitrogens with one attached hydrogen (secondary N) is 2. The molecule has 1 aromatic heterocycles. The lowest BCUT2D eigenvalue weighted by Gasteiger charge is -2.08. The molecule has 1 rings (SSSR count). The van der Waals surface area contributed by atoms with Crippen LogP contribution in [0, 0.1) is 0 Å². The summed E-state index contributed by atoms with van der Waals surface area (Å²) in [4.78, 5) is 15.3. The first-order chi connectivity index (χ1) is 8.13. The highest BCUT2D eigenvalue weighted by atomic mass is 35.5. The Morgan fingerprint density at radius 2 is 2.41 bits per heavy atom. The summed E-state index contributed by atoms with van der Waals surface area (Å²) in [5.74, 6) is 0.277. The number of nitrogens with two attached hydrogens (primary N) is 1. The van der Waals surface area contributed by atoms with E-state index in [1.165, 1.54) is 6.20 Å². The average Bonchev–Trinajstić information content (AvgIpc) is 2.28. The molecule has 0 unspecified atom stereocenters. The molecular formula is C10H15ClN4O2. The van der Waals surface area contributed by atoms with Crippen molar-refractivity contribution in [2.75, 3.05) is 37.9 Å². The van der Waals surface area contributed by atoms with Crippen molar-refractivity contribution in [1.82, 2.24) is 10.3 Å². The molecule has 0 atom stereocenters. The number of rotatable bonds is 6. The van der Waals surface area contributed by atoms with Crippen LogP contribution in [-0.4, -0.2) is 37.7 Å². The van der Waals surface area contributed by atoms with Crippen LogP contribution in [-0.2, 0) is 9.53 Å². The second-order valence-electron chi connectivity index (χ2n) is 3.30. The van der Waals surface area contributed by atoms with Crippen LogP contribution in [0.5, 0.6) is 0 Å². The zero-order valence-corrected chi connectivity index (χ0v) is 10.3. The van der Waals surface area contributed by atoms with E-state index >= 15 is 0 Å². The van der Waals surface area contributed by atoms with Gasteiger partial charge in [0.15, 0.2) is 0 Å². The number of hydrogen-bond donors (Lipinski definition) is 3. The van der Waals surface area contributed by atoms with Crippen LogP contribution in [0.25, 0.3) is 0 Å². The monoisotopic (exact) mass is 258 g/mol. The van der Waals surface area contributed by atoms with E-state index in [0.29, 0.717) is 29.7 Å². The molecule has 1 amide bonds. The lowest BCUT2D eigenvalue weighted by Crippen LogP contribution is -2.32. The van der Waals surface area contributed by atoms with Gasteiger partial charge in [-0.05, 0) is 6.07 Å². The van der Waals surface area contributed by atoms with E-state index in [9.17, 15) is 4.79 Å². The summed E-state index contributed by atoms with van der Waals surface area (Å²) in [5, 5.41) is 5.86. The second-order valence-corrected chi connectivity index (χ2v) is 3.70. The van der Waals surface area contributed by atoms with Crippen LogP contribution in [0.2, 0.25) is 5.02 Å².